The second-order valence-corrected chi connectivity index (χ2v) is 5.32. The smallest absolute Gasteiger partial charge is 0.168 e. The average Bonchev–Trinajstić information content (AvgIpc) is 2.75. The number of hydrogen-bond donors (Lipinski definition) is 2. The summed E-state index contributed by atoms with van der Waals surface area (Å²) >= 11 is 11.4. The fourth-order valence-corrected chi connectivity index (χ4v) is 2.85. The standard InChI is InChI=1S/C13H14ClN3S/c1-15-13(18)17-5-4-12-10(7-17)9-6-8(14)2-3-11(9)16-12/h2-3,6,16H,4-5,7H2,1H3,(H,15,18). The average molecular weight is 280 g/mol. The van der Waals surface area contributed by atoms with Crippen LogP contribution >= 0.6 is 23.8 Å². The Balaban J connectivity index is 2.05. The van der Waals surface area contributed by atoms with Crippen LogP contribution in [0.1, 0.15) is 11.3 Å². The molecule has 0 atom stereocenters. The van der Waals surface area contributed by atoms with Gasteiger partial charge in [-0.2, -0.15) is 0 Å². The third kappa shape index (κ3) is 1.85. The van der Waals surface area contributed by atoms with Gasteiger partial charge in [0.25, 0.3) is 0 Å². The van der Waals surface area contributed by atoms with E-state index in [9.17, 15) is 0 Å². The van der Waals surface area contributed by atoms with Crippen LogP contribution in [0.3, 0.4) is 0 Å². The van der Waals surface area contributed by atoms with Crippen LogP contribution in [0, 0.1) is 0 Å². The van der Waals surface area contributed by atoms with Crippen molar-refractivity contribution in [3.8, 4) is 0 Å². The van der Waals surface area contributed by atoms with E-state index in [2.05, 4.69) is 15.2 Å². The Bertz CT molecular complexity index is 620. The summed E-state index contributed by atoms with van der Waals surface area (Å²) in [6.45, 7) is 1.79. The third-order valence-electron chi connectivity index (χ3n) is 3.44. The van der Waals surface area contributed by atoms with Crippen LogP contribution in [0.5, 0.6) is 0 Å². The lowest BCUT2D eigenvalue weighted by molar-refractivity contribution is 0.390. The van der Waals surface area contributed by atoms with Gasteiger partial charge in [0.1, 0.15) is 0 Å². The van der Waals surface area contributed by atoms with Gasteiger partial charge in [-0.05, 0) is 30.4 Å². The molecule has 1 aliphatic rings. The van der Waals surface area contributed by atoms with Gasteiger partial charge in [0.2, 0.25) is 0 Å². The zero-order valence-electron chi connectivity index (χ0n) is 10.1. The quantitative estimate of drug-likeness (QED) is 0.727. The molecule has 1 aromatic carbocycles. The zero-order chi connectivity index (χ0) is 12.7. The number of H-pyrrole nitrogens is 1. The van der Waals surface area contributed by atoms with Crippen LogP contribution in [-0.2, 0) is 13.0 Å². The Morgan fingerprint density at radius 2 is 2.33 bits per heavy atom. The summed E-state index contributed by atoms with van der Waals surface area (Å²) in [6, 6.07) is 5.98. The Hall–Kier alpha value is -1.26. The maximum atomic E-state index is 6.08. The van der Waals surface area contributed by atoms with E-state index in [1.54, 1.807) is 0 Å². The highest BCUT2D eigenvalue weighted by atomic mass is 35.5. The van der Waals surface area contributed by atoms with E-state index in [0.717, 1.165) is 35.2 Å². The predicted molar refractivity (Wildman–Crippen MR) is 79.1 cm³/mol. The topological polar surface area (TPSA) is 31.1 Å². The fraction of sp³-hybridized carbons (Fsp3) is 0.308. The molecule has 0 aliphatic carbocycles. The Labute approximate surface area is 116 Å². The molecule has 0 radical (unpaired) electrons. The SMILES string of the molecule is CNC(=S)N1CCc2[nH]c3ccc(Cl)cc3c2C1. The molecule has 0 amide bonds. The van der Waals surface area contributed by atoms with E-state index >= 15 is 0 Å². The van der Waals surface area contributed by atoms with Crippen molar-refractivity contribution < 1.29 is 0 Å². The van der Waals surface area contributed by atoms with Crippen molar-refractivity contribution in [2.24, 2.45) is 0 Å². The van der Waals surface area contributed by atoms with E-state index in [-0.39, 0.29) is 0 Å². The zero-order valence-corrected chi connectivity index (χ0v) is 11.7. The maximum Gasteiger partial charge on any atom is 0.168 e. The molecule has 3 nitrogen and oxygen atoms in total. The van der Waals surface area contributed by atoms with Crippen LogP contribution in [0.25, 0.3) is 10.9 Å². The first-order valence-corrected chi connectivity index (χ1v) is 6.73. The molecule has 0 saturated carbocycles. The molecule has 3 rings (SSSR count). The highest BCUT2D eigenvalue weighted by Crippen LogP contribution is 2.29. The van der Waals surface area contributed by atoms with Crippen LogP contribution < -0.4 is 5.32 Å². The molecule has 94 valence electrons. The lowest BCUT2D eigenvalue weighted by Gasteiger charge is -2.29. The second kappa shape index (κ2) is 4.44. The summed E-state index contributed by atoms with van der Waals surface area (Å²) in [5, 5.41) is 5.83. The molecule has 1 aromatic heterocycles. The van der Waals surface area contributed by atoms with Crippen LogP contribution in [0.4, 0.5) is 0 Å². The summed E-state index contributed by atoms with van der Waals surface area (Å²) < 4.78 is 0. The largest absolute Gasteiger partial charge is 0.366 e. The highest BCUT2D eigenvalue weighted by molar-refractivity contribution is 7.80. The Kier molecular flexibility index (Phi) is 2.92. The van der Waals surface area contributed by atoms with Gasteiger partial charge in [0.05, 0.1) is 0 Å². The van der Waals surface area contributed by atoms with E-state index in [0.29, 0.717) is 0 Å². The minimum atomic E-state index is 0.776. The summed E-state index contributed by atoms with van der Waals surface area (Å²) in [7, 11) is 1.87. The number of halogens is 1. The van der Waals surface area contributed by atoms with E-state index in [1.165, 1.54) is 16.6 Å². The summed E-state index contributed by atoms with van der Waals surface area (Å²) in [5.74, 6) is 0. The van der Waals surface area contributed by atoms with Crippen molar-refractivity contribution in [3.63, 3.8) is 0 Å². The van der Waals surface area contributed by atoms with E-state index < -0.39 is 0 Å². The molecule has 5 heteroatoms. The van der Waals surface area contributed by atoms with Crippen molar-refractivity contribution in [1.82, 2.24) is 15.2 Å². The Morgan fingerprint density at radius 1 is 1.50 bits per heavy atom. The van der Waals surface area contributed by atoms with E-state index in [1.807, 2.05) is 25.2 Å². The first kappa shape index (κ1) is 11.8. The number of benzene rings is 1. The minimum Gasteiger partial charge on any atom is -0.366 e. The molecular weight excluding hydrogens is 266 g/mol. The minimum absolute atomic E-state index is 0.776. The molecule has 0 unspecified atom stereocenters. The first-order chi connectivity index (χ1) is 8.69. The number of nitrogens with one attached hydrogen (secondary N) is 2. The van der Waals surface area contributed by atoms with Crippen LogP contribution in [-0.4, -0.2) is 28.6 Å². The van der Waals surface area contributed by atoms with Gasteiger partial charge in [-0.25, -0.2) is 0 Å². The number of fused-ring (bicyclic) bond motifs is 3. The molecule has 2 heterocycles. The second-order valence-electron chi connectivity index (χ2n) is 4.50. The number of hydrogen-bond acceptors (Lipinski definition) is 1. The van der Waals surface area contributed by atoms with Gasteiger partial charge in [-0.1, -0.05) is 11.6 Å². The van der Waals surface area contributed by atoms with Crippen molar-refractivity contribution in [2.75, 3.05) is 13.6 Å². The van der Waals surface area contributed by atoms with Crippen molar-refractivity contribution in [2.45, 2.75) is 13.0 Å². The molecule has 2 aromatic rings. The van der Waals surface area contributed by atoms with Crippen molar-refractivity contribution in [3.05, 3.63) is 34.5 Å². The molecular formula is C13H14ClN3S. The van der Waals surface area contributed by atoms with Gasteiger partial charge in [-0.3, -0.25) is 0 Å². The molecule has 0 fully saturated rings. The lowest BCUT2D eigenvalue weighted by atomic mass is 10.1. The molecule has 0 saturated heterocycles. The van der Waals surface area contributed by atoms with Crippen LogP contribution in [0.2, 0.25) is 5.02 Å². The number of nitrogens with zero attached hydrogens (tertiary/aromatic N) is 1. The normalized spacial score (nSPS) is 14.7. The summed E-state index contributed by atoms with van der Waals surface area (Å²) in [5.41, 5.74) is 3.78. The van der Waals surface area contributed by atoms with E-state index in [4.69, 9.17) is 23.8 Å². The molecule has 2 N–H and O–H groups in total. The molecule has 0 bridgehead atoms. The summed E-state index contributed by atoms with van der Waals surface area (Å²) in [6.07, 6.45) is 0.990. The van der Waals surface area contributed by atoms with Crippen molar-refractivity contribution >= 4 is 39.8 Å². The van der Waals surface area contributed by atoms with Crippen LogP contribution in [0.15, 0.2) is 18.2 Å². The first-order valence-electron chi connectivity index (χ1n) is 5.94. The third-order valence-corrected chi connectivity index (χ3v) is 4.14. The van der Waals surface area contributed by atoms with Gasteiger partial charge in [-0.15, -0.1) is 0 Å². The monoisotopic (exact) mass is 279 g/mol. The van der Waals surface area contributed by atoms with Crippen molar-refractivity contribution in [1.29, 1.82) is 0 Å². The fourth-order valence-electron chi connectivity index (χ4n) is 2.52. The van der Waals surface area contributed by atoms with Gasteiger partial charge in [0.15, 0.2) is 5.11 Å². The number of aromatic amines is 1. The molecule has 0 spiro atoms. The Morgan fingerprint density at radius 3 is 3.11 bits per heavy atom. The maximum absolute atomic E-state index is 6.08. The number of rotatable bonds is 0. The highest BCUT2D eigenvalue weighted by Gasteiger charge is 2.21. The number of aromatic nitrogens is 1. The molecule has 18 heavy (non-hydrogen) atoms. The number of thiocarbonyl (C=S) groups is 1. The van der Waals surface area contributed by atoms with Gasteiger partial charge in [0, 0.05) is 53.7 Å². The van der Waals surface area contributed by atoms with Gasteiger partial charge < -0.3 is 15.2 Å². The molecule has 1 aliphatic heterocycles. The summed E-state index contributed by atoms with van der Waals surface area (Å²) in [4.78, 5) is 5.66. The lowest BCUT2D eigenvalue weighted by Crippen LogP contribution is -2.40. The van der Waals surface area contributed by atoms with Gasteiger partial charge >= 0.3 is 0 Å². The predicted octanol–water partition coefficient (Wildman–Crippen LogP) is 2.68.